The molecule has 2 aliphatic heterocycles. The molecule has 1 unspecified atom stereocenters. The zero-order valence-electron chi connectivity index (χ0n) is 16.5. The van der Waals surface area contributed by atoms with E-state index in [1.165, 1.54) is 5.69 Å². The Morgan fingerprint density at radius 1 is 0.931 bits per heavy atom. The zero-order valence-corrected chi connectivity index (χ0v) is 18.8. The Kier molecular flexibility index (Phi) is 6.50. The van der Waals surface area contributed by atoms with Crippen LogP contribution in [-0.2, 0) is 10.8 Å². The summed E-state index contributed by atoms with van der Waals surface area (Å²) in [5.41, 5.74) is 3.36. The molecule has 0 aromatic heterocycles. The molecule has 29 heavy (non-hydrogen) atoms. The van der Waals surface area contributed by atoms with Gasteiger partial charge in [0.1, 0.15) is 0 Å². The predicted octanol–water partition coefficient (Wildman–Crippen LogP) is 4.36. The summed E-state index contributed by atoms with van der Waals surface area (Å²) < 4.78 is 12.8. The Bertz CT molecular complexity index is 941. The number of likely N-dealkylation sites (N-methyl/N-ethyl adjacent to an activating group) is 1. The molecule has 0 aliphatic carbocycles. The molecule has 1 atom stereocenters. The monoisotopic (exact) mass is 449 g/mol. The van der Waals surface area contributed by atoms with Crippen LogP contribution in [0.15, 0.2) is 47.4 Å². The lowest BCUT2D eigenvalue weighted by atomic mass is 10.1. The molecule has 2 fully saturated rings. The molecule has 0 spiro atoms. The molecule has 0 N–H and O–H groups in total. The normalized spacial score (nSPS) is 22.3. The van der Waals surface area contributed by atoms with Gasteiger partial charge in [-0.25, -0.2) is 0 Å². The molecule has 2 aromatic carbocycles. The summed E-state index contributed by atoms with van der Waals surface area (Å²) in [6, 6.07) is 14.1. The number of anilines is 2. The molecule has 7 heteroatoms. The summed E-state index contributed by atoms with van der Waals surface area (Å²) in [6.07, 6.45) is 2.12. The third-order valence-corrected chi connectivity index (χ3v) is 7.68. The highest BCUT2D eigenvalue weighted by Gasteiger charge is 2.22. The maximum atomic E-state index is 12.8. The molecule has 4 rings (SSSR count). The van der Waals surface area contributed by atoms with Gasteiger partial charge in [0.15, 0.2) is 0 Å². The van der Waals surface area contributed by atoms with Crippen molar-refractivity contribution in [3.8, 4) is 0 Å². The highest BCUT2D eigenvalue weighted by atomic mass is 35.5. The molecular weight excluding hydrogens is 425 g/mol. The van der Waals surface area contributed by atoms with Crippen LogP contribution >= 0.6 is 23.2 Å². The fourth-order valence-electron chi connectivity index (χ4n) is 3.80. The summed E-state index contributed by atoms with van der Waals surface area (Å²) >= 11 is 12.3. The quantitative estimate of drug-likeness (QED) is 0.695. The van der Waals surface area contributed by atoms with Crippen LogP contribution in [0.25, 0.3) is 6.08 Å². The summed E-state index contributed by atoms with van der Waals surface area (Å²) in [4.78, 5) is 7.94. The second-order valence-corrected chi connectivity index (χ2v) is 9.97. The first kappa shape index (κ1) is 20.7. The van der Waals surface area contributed by atoms with E-state index in [-0.39, 0.29) is 0 Å². The van der Waals surface area contributed by atoms with Crippen LogP contribution in [0.3, 0.4) is 0 Å². The second-order valence-electron chi connectivity index (χ2n) is 7.53. The number of para-hydroxylation sites is 1. The molecule has 0 radical (unpaired) electrons. The van der Waals surface area contributed by atoms with E-state index < -0.39 is 10.8 Å². The lowest BCUT2D eigenvalue weighted by molar-refractivity contribution is 0.313. The molecule has 154 valence electrons. The highest BCUT2D eigenvalue weighted by Crippen LogP contribution is 2.30. The lowest BCUT2D eigenvalue weighted by Crippen LogP contribution is -2.44. The standard InChI is InChI=1S/C22H25Cl2N3OS/c1-25-8-10-26(11-9-25)22-5-3-2-4-17(22)14-19-16-27(12-13-29(19)28)18-6-7-20(23)21(24)15-18/h2-7,14-15H,8-13,16H2,1H3/b19-14-. The first-order valence-corrected chi connectivity index (χ1v) is 11.9. The van der Waals surface area contributed by atoms with Crippen LogP contribution in [0.4, 0.5) is 11.4 Å². The summed E-state index contributed by atoms with van der Waals surface area (Å²) in [5.74, 6) is 0.614. The van der Waals surface area contributed by atoms with Gasteiger partial charge in [-0.15, -0.1) is 0 Å². The van der Waals surface area contributed by atoms with E-state index in [2.05, 4.69) is 52.1 Å². The van der Waals surface area contributed by atoms with Crippen LogP contribution in [0, 0.1) is 0 Å². The number of hydrogen-bond donors (Lipinski definition) is 0. The minimum atomic E-state index is -0.968. The van der Waals surface area contributed by atoms with Crippen molar-refractivity contribution in [2.45, 2.75) is 0 Å². The minimum Gasteiger partial charge on any atom is -0.368 e. The Labute approximate surface area is 185 Å². The number of halogens is 2. The summed E-state index contributed by atoms with van der Waals surface area (Å²) in [6.45, 7) is 5.50. The van der Waals surface area contributed by atoms with Gasteiger partial charge in [0.05, 0.1) is 27.4 Å². The third-order valence-electron chi connectivity index (χ3n) is 5.55. The number of hydrogen-bond acceptors (Lipinski definition) is 4. The molecule has 0 bridgehead atoms. The number of piperazine rings is 1. The molecule has 0 saturated carbocycles. The lowest BCUT2D eigenvalue weighted by Gasteiger charge is -2.35. The molecule has 2 heterocycles. The van der Waals surface area contributed by atoms with Gasteiger partial charge < -0.3 is 14.7 Å². The molecule has 2 aliphatic rings. The van der Waals surface area contributed by atoms with Gasteiger partial charge in [-0.3, -0.25) is 4.21 Å². The van der Waals surface area contributed by atoms with Gasteiger partial charge >= 0.3 is 0 Å². The summed E-state index contributed by atoms with van der Waals surface area (Å²) in [5, 5.41) is 1.09. The van der Waals surface area contributed by atoms with E-state index >= 15 is 0 Å². The SMILES string of the molecule is CN1CCN(c2ccccc2/C=C2/CN(c3ccc(Cl)c(Cl)c3)CCS2=O)CC1. The Morgan fingerprint density at radius 2 is 1.69 bits per heavy atom. The van der Waals surface area contributed by atoms with Crippen molar-refractivity contribution in [1.29, 1.82) is 0 Å². The summed E-state index contributed by atoms with van der Waals surface area (Å²) in [7, 11) is 1.19. The van der Waals surface area contributed by atoms with Gasteiger partial charge in [0, 0.05) is 54.8 Å². The molecule has 4 nitrogen and oxygen atoms in total. The van der Waals surface area contributed by atoms with Crippen LogP contribution in [0.2, 0.25) is 10.0 Å². The van der Waals surface area contributed by atoms with Crippen molar-refractivity contribution in [2.24, 2.45) is 0 Å². The Hall–Kier alpha value is -1.53. The third kappa shape index (κ3) is 4.80. The van der Waals surface area contributed by atoms with E-state index in [0.717, 1.165) is 48.9 Å². The first-order chi connectivity index (χ1) is 14.0. The topological polar surface area (TPSA) is 26.8 Å². The number of rotatable bonds is 3. The van der Waals surface area contributed by atoms with Crippen molar-refractivity contribution < 1.29 is 4.21 Å². The molecular formula is C22H25Cl2N3OS. The largest absolute Gasteiger partial charge is 0.368 e. The van der Waals surface area contributed by atoms with E-state index in [4.69, 9.17) is 23.2 Å². The maximum Gasteiger partial charge on any atom is 0.0612 e. The Balaban J connectivity index is 1.60. The van der Waals surface area contributed by atoms with Crippen LogP contribution < -0.4 is 9.80 Å². The molecule has 2 aromatic rings. The predicted molar refractivity (Wildman–Crippen MR) is 126 cm³/mol. The fraction of sp³-hybridized carbons (Fsp3) is 0.364. The highest BCUT2D eigenvalue weighted by molar-refractivity contribution is 7.89. The van der Waals surface area contributed by atoms with Crippen molar-refractivity contribution in [3.63, 3.8) is 0 Å². The van der Waals surface area contributed by atoms with E-state index in [0.29, 0.717) is 22.3 Å². The van der Waals surface area contributed by atoms with E-state index in [9.17, 15) is 4.21 Å². The van der Waals surface area contributed by atoms with E-state index in [1.54, 1.807) is 0 Å². The maximum absolute atomic E-state index is 12.8. The van der Waals surface area contributed by atoms with Crippen LogP contribution in [0.1, 0.15) is 5.56 Å². The molecule has 0 amide bonds. The van der Waals surface area contributed by atoms with Crippen molar-refractivity contribution >= 4 is 51.5 Å². The van der Waals surface area contributed by atoms with Gasteiger partial charge in [0.2, 0.25) is 0 Å². The second kappa shape index (κ2) is 9.09. The first-order valence-electron chi connectivity index (χ1n) is 9.83. The van der Waals surface area contributed by atoms with Gasteiger partial charge in [0.25, 0.3) is 0 Å². The van der Waals surface area contributed by atoms with Gasteiger partial charge in [-0.2, -0.15) is 0 Å². The Morgan fingerprint density at radius 3 is 2.45 bits per heavy atom. The average Bonchev–Trinajstić information content (AvgIpc) is 2.73. The van der Waals surface area contributed by atoms with Crippen molar-refractivity contribution in [1.82, 2.24) is 4.90 Å². The zero-order chi connectivity index (χ0) is 20.4. The number of benzene rings is 2. The van der Waals surface area contributed by atoms with Crippen molar-refractivity contribution in [3.05, 3.63) is 63.0 Å². The van der Waals surface area contributed by atoms with Gasteiger partial charge in [-0.1, -0.05) is 41.4 Å². The van der Waals surface area contributed by atoms with E-state index in [1.807, 2.05) is 18.2 Å². The van der Waals surface area contributed by atoms with Crippen LogP contribution in [-0.4, -0.2) is 61.2 Å². The minimum absolute atomic E-state index is 0.543. The number of nitrogens with zero attached hydrogens (tertiary/aromatic N) is 3. The van der Waals surface area contributed by atoms with Crippen LogP contribution in [0.5, 0.6) is 0 Å². The van der Waals surface area contributed by atoms with Crippen molar-refractivity contribution in [2.75, 3.05) is 61.9 Å². The fourth-order valence-corrected chi connectivity index (χ4v) is 5.29. The van der Waals surface area contributed by atoms with Gasteiger partial charge in [-0.05, 0) is 43.0 Å². The molecule has 2 saturated heterocycles. The smallest absolute Gasteiger partial charge is 0.0612 e. The average molecular weight is 450 g/mol.